The summed E-state index contributed by atoms with van der Waals surface area (Å²) < 4.78 is 4.66. The van der Waals surface area contributed by atoms with Crippen LogP contribution in [-0.2, 0) is 9.53 Å². The molecule has 0 aliphatic rings. The highest BCUT2D eigenvalue weighted by Crippen LogP contribution is 2.13. The minimum Gasteiger partial charge on any atom is -0.469 e. The Morgan fingerprint density at radius 2 is 2.00 bits per heavy atom. The van der Waals surface area contributed by atoms with Gasteiger partial charge in [0.15, 0.2) is 0 Å². The molecule has 0 amide bonds. The first kappa shape index (κ1) is 14.3. The molecule has 12 heavy (non-hydrogen) atoms. The van der Waals surface area contributed by atoms with E-state index in [1.54, 1.807) is 0 Å². The quantitative estimate of drug-likeness (QED) is 0.630. The fraction of sp³-hybridized carbons (Fsp3) is 0.889. The molecule has 0 N–H and O–H groups in total. The number of esters is 1. The highest BCUT2D eigenvalue weighted by atomic mass is 35.5. The van der Waals surface area contributed by atoms with Crippen LogP contribution < -0.4 is 0 Å². The first-order valence-corrected chi connectivity index (χ1v) is 4.34. The van der Waals surface area contributed by atoms with Gasteiger partial charge in [0, 0.05) is 0 Å². The summed E-state index contributed by atoms with van der Waals surface area (Å²) in [4.78, 5) is 11.0. The second kappa shape index (κ2) is 8.85. The van der Waals surface area contributed by atoms with E-state index in [2.05, 4.69) is 11.7 Å². The molecule has 0 aromatic carbocycles. The summed E-state index contributed by atoms with van der Waals surface area (Å²) in [5, 5.41) is 0. The first-order chi connectivity index (χ1) is 5.26. The predicted molar refractivity (Wildman–Crippen MR) is 52.6 cm³/mol. The highest BCUT2D eigenvalue weighted by molar-refractivity contribution is 5.85. The maximum atomic E-state index is 11.0. The molecule has 74 valence electrons. The molecule has 0 rings (SSSR count). The maximum absolute atomic E-state index is 11.0. The van der Waals surface area contributed by atoms with Gasteiger partial charge in [-0.25, -0.2) is 0 Å². The summed E-state index contributed by atoms with van der Waals surface area (Å²) in [5.74, 6) is 0.0703. The number of rotatable bonds is 5. The van der Waals surface area contributed by atoms with Crippen molar-refractivity contribution in [3.63, 3.8) is 0 Å². The van der Waals surface area contributed by atoms with Gasteiger partial charge in [-0.3, -0.25) is 4.79 Å². The number of methoxy groups -OCH3 is 1. The van der Waals surface area contributed by atoms with Gasteiger partial charge in [-0.15, -0.1) is 12.4 Å². The standard InChI is InChI=1S/C9H18O2.ClH/c1-4-6-7-8(5-2)9(10)11-3;/h8H,4-7H2,1-3H3;1H. The van der Waals surface area contributed by atoms with Gasteiger partial charge in [0.25, 0.3) is 0 Å². The number of carbonyl (C=O) groups is 1. The van der Waals surface area contributed by atoms with Crippen LogP contribution in [0.2, 0.25) is 0 Å². The molecular formula is C9H19ClO2. The molecule has 1 atom stereocenters. The second-order valence-corrected chi connectivity index (χ2v) is 2.77. The lowest BCUT2D eigenvalue weighted by Gasteiger charge is -2.10. The summed E-state index contributed by atoms with van der Waals surface area (Å²) in [6.45, 7) is 4.15. The number of ether oxygens (including phenoxy) is 1. The smallest absolute Gasteiger partial charge is 0.308 e. The van der Waals surface area contributed by atoms with Crippen LogP contribution in [0.25, 0.3) is 0 Å². The molecule has 0 aliphatic carbocycles. The largest absolute Gasteiger partial charge is 0.469 e. The van der Waals surface area contributed by atoms with Crippen LogP contribution in [0.5, 0.6) is 0 Å². The Bertz CT molecular complexity index is 115. The molecule has 0 spiro atoms. The van der Waals surface area contributed by atoms with Crippen molar-refractivity contribution in [2.24, 2.45) is 5.92 Å². The predicted octanol–water partition coefficient (Wildman–Crippen LogP) is 2.80. The van der Waals surface area contributed by atoms with Gasteiger partial charge in [0.1, 0.15) is 0 Å². The van der Waals surface area contributed by atoms with E-state index in [9.17, 15) is 4.79 Å². The lowest BCUT2D eigenvalue weighted by Crippen LogP contribution is -2.14. The van der Waals surface area contributed by atoms with Crippen molar-refractivity contribution in [2.45, 2.75) is 39.5 Å². The molecule has 0 aromatic rings. The summed E-state index contributed by atoms with van der Waals surface area (Å²) >= 11 is 0. The van der Waals surface area contributed by atoms with Crippen molar-refractivity contribution in [3.05, 3.63) is 0 Å². The SMILES string of the molecule is CCCCC(CC)C(=O)OC.Cl. The van der Waals surface area contributed by atoms with Gasteiger partial charge >= 0.3 is 5.97 Å². The van der Waals surface area contributed by atoms with Crippen molar-refractivity contribution in [1.82, 2.24) is 0 Å². The minimum absolute atomic E-state index is 0. The average Bonchev–Trinajstić information content (AvgIpc) is 2.05. The van der Waals surface area contributed by atoms with E-state index in [1.165, 1.54) is 7.11 Å². The summed E-state index contributed by atoms with van der Waals surface area (Å²) in [6, 6.07) is 0. The minimum atomic E-state index is -0.0547. The number of hydrogen-bond acceptors (Lipinski definition) is 2. The van der Waals surface area contributed by atoms with Crippen molar-refractivity contribution in [3.8, 4) is 0 Å². The Balaban J connectivity index is 0. The second-order valence-electron chi connectivity index (χ2n) is 2.77. The highest BCUT2D eigenvalue weighted by Gasteiger charge is 2.15. The zero-order valence-electron chi connectivity index (χ0n) is 8.13. The van der Waals surface area contributed by atoms with Gasteiger partial charge < -0.3 is 4.74 Å². The normalized spacial score (nSPS) is 11.6. The van der Waals surface area contributed by atoms with Crippen LogP contribution in [0.15, 0.2) is 0 Å². The van der Waals surface area contributed by atoms with Crippen molar-refractivity contribution >= 4 is 18.4 Å². The third-order valence-corrected chi connectivity index (χ3v) is 1.93. The lowest BCUT2D eigenvalue weighted by molar-refractivity contribution is -0.145. The van der Waals surface area contributed by atoms with Crippen LogP contribution in [-0.4, -0.2) is 13.1 Å². The Morgan fingerprint density at radius 1 is 1.42 bits per heavy atom. The number of unbranched alkanes of at least 4 members (excludes halogenated alkanes) is 1. The van der Waals surface area contributed by atoms with Gasteiger partial charge in [0.05, 0.1) is 13.0 Å². The third-order valence-electron chi connectivity index (χ3n) is 1.93. The molecule has 2 nitrogen and oxygen atoms in total. The van der Waals surface area contributed by atoms with E-state index in [0.717, 1.165) is 25.7 Å². The molecule has 0 aliphatic heterocycles. The summed E-state index contributed by atoms with van der Waals surface area (Å²) in [6.07, 6.45) is 4.13. The zero-order valence-corrected chi connectivity index (χ0v) is 8.95. The van der Waals surface area contributed by atoms with E-state index in [-0.39, 0.29) is 24.3 Å². The third kappa shape index (κ3) is 5.42. The summed E-state index contributed by atoms with van der Waals surface area (Å²) in [5.41, 5.74) is 0. The van der Waals surface area contributed by atoms with E-state index in [0.29, 0.717) is 0 Å². The Hall–Kier alpha value is -0.240. The molecule has 1 unspecified atom stereocenters. The van der Waals surface area contributed by atoms with Crippen molar-refractivity contribution in [1.29, 1.82) is 0 Å². The lowest BCUT2D eigenvalue weighted by atomic mass is 10.00. The Kier molecular flexibility index (Phi) is 10.5. The van der Waals surface area contributed by atoms with Crippen LogP contribution in [0.3, 0.4) is 0 Å². The number of hydrogen-bond donors (Lipinski definition) is 0. The molecule has 0 fully saturated rings. The fourth-order valence-electron chi connectivity index (χ4n) is 1.11. The Morgan fingerprint density at radius 3 is 2.33 bits per heavy atom. The van der Waals surface area contributed by atoms with E-state index >= 15 is 0 Å². The molecular weight excluding hydrogens is 176 g/mol. The van der Waals surface area contributed by atoms with Gasteiger partial charge in [-0.1, -0.05) is 26.7 Å². The van der Waals surface area contributed by atoms with Gasteiger partial charge in [-0.2, -0.15) is 0 Å². The fourth-order valence-corrected chi connectivity index (χ4v) is 1.11. The van der Waals surface area contributed by atoms with Crippen LogP contribution in [0, 0.1) is 5.92 Å². The molecule has 0 heterocycles. The maximum Gasteiger partial charge on any atom is 0.308 e. The van der Waals surface area contributed by atoms with Crippen LogP contribution in [0.1, 0.15) is 39.5 Å². The number of carbonyl (C=O) groups excluding carboxylic acids is 1. The zero-order chi connectivity index (χ0) is 8.69. The van der Waals surface area contributed by atoms with Gasteiger partial charge in [-0.05, 0) is 12.8 Å². The molecule has 0 saturated carbocycles. The monoisotopic (exact) mass is 194 g/mol. The van der Waals surface area contributed by atoms with Crippen molar-refractivity contribution < 1.29 is 9.53 Å². The molecule has 0 radical (unpaired) electrons. The van der Waals surface area contributed by atoms with Crippen LogP contribution in [0.4, 0.5) is 0 Å². The van der Waals surface area contributed by atoms with Crippen molar-refractivity contribution in [2.75, 3.05) is 7.11 Å². The first-order valence-electron chi connectivity index (χ1n) is 4.34. The average molecular weight is 195 g/mol. The molecule has 0 bridgehead atoms. The van der Waals surface area contributed by atoms with E-state index in [1.807, 2.05) is 6.92 Å². The van der Waals surface area contributed by atoms with E-state index in [4.69, 9.17) is 0 Å². The summed E-state index contributed by atoms with van der Waals surface area (Å²) in [7, 11) is 1.46. The Labute approximate surface area is 81.1 Å². The van der Waals surface area contributed by atoms with E-state index < -0.39 is 0 Å². The molecule has 3 heteroatoms. The number of halogens is 1. The van der Waals surface area contributed by atoms with Gasteiger partial charge in [0.2, 0.25) is 0 Å². The van der Waals surface area contributed by atoms with Crippen LogP contribution >= 0.6 is 12.4 Å². The topological polar surface area (TPSA) is 26.3 Å². The molecule has 0 aromatic heterocycles. The molecule has 0 saturated heterocycles.